The first kappa shape index (κ1) is 19.7. The Hall–Kier alpha value is -2.66. The van der Waals surface area contributed by atoms with Crippen molar-refractivity contribution in [2.45, 2.75) is 26.8 Å². The summed E-state index contributed by atoms with van der Waals surface area (Å²) in [5, 5.41) is 4.92. The lowest BCUT2D eigenvalue weighted by Gasteiger charge is -2.19. The number of nitrogens with two attached hydrogens (primary N) is 1. The summed E-state index contributed by atoms with van der Waals surface area (Å²) in [6.45, 7) is 6.74. The van der Waals surface area contributed by atoms with Gasteiger partial charge in [0.25, 0.3) is 5.91 Å². The number of carbonyl (C=O) groups is 2. The number of hydrogen-bond acceptors (Lipinski definition) is 3. The minimum absolute atomic E-state index is 0.0736. The van der Waals surface area contributed by atoms with Crippen LogP contribution in [0.15, 0.2) is 54.6 Å². The van der Waals surface area contributed by atoms with Crippen molar-refractivity contribution in [3.05, 3.63) is 65.7 Å². The van der Waals surface area contributed by atoms with Gasteiger partial charge < -0.3 is 15.4 Å². The zero-order chi connectivity index (χ0) is 18.9. The Labute approximate surface area is 154 Å². The highest BCUT2D eigenvalue weighted by atomic mass is 16.5. The van der Waals surface area contributed by atoms with Crippen LogP contribution in [0.5, 0.6) is 0 Å². The summed E-state index contributed by atoms with van der Waals surface area (Å²) in [7, 11) is 0. The van der Waals surface area contributed by atoms with E-state index in [0.717, 1.165) is 0 Å². The molecule has 0 aromatic heterocycles. The van der Waals surface area contributed by atoms with Gasteiger partial charge in [-0.25, -0.2) is 4.79 Å². The van der Waals surface area contributed by atoms with E-state index in [1.807, 2.05) is 18.2 Å². The molecule has 5 heteroatoms. The van der Waals surface area contributed by atoms with E-state index in [-0.39, 0.29) is 17.9 Å². The molecule has 2 aromatic carbocycles. The Kier molecular flexibility index (Phi) is 7.36. The largest absolute Gasteiger partial charge is 0.462 e. The van der Waals surface area contributed by atoms with Crippen LogP contribution in [0.4, 0.5) is 5.69 Å². The minimum Gasteiger partial charge on any atom is -0.462 e. The average molecular weight is 355 g/mol. The lowest BCUT2D eigenvalue weighted by molar-refractivity contribution is -0.692. The Balaban J connectivity index is 1.90. The van der Waals surface area contributed by atoms with E-state index < -0.39 is 0 Å². The van der Waals surface area contributed by atoms with Gasteiger partial charge in [0.15, 0.2) is 6.54 Å². The minimum atomic E-state index is -0.360. The number of quaternary nitrogens is 1. The van der Waals surface area contributed by atoms with Crippen LogP contribution in [0.3, 0.4) is 0 Å². The SMILES string of the molecule is CCOC(=O)c1ccc(NC(=O)C[NH2+][C@H](c2ccccc2)C(C)C)cc1. The van der Waals surface area contributed by atoms with E-state index >= 15 is 0 Å². The van der Waals surface area contributed by atoms with Gasteiger partial charge in [-0.1, -0.05) is 44.2 Å². The number of ether oxygens (including phenoxy) is 1. The molecule has 0 heterocycles. The second-order valence-electron chi connectivity index (χ2n) is 6.47. The Morgan fingerprint density at radius 2 is 1.69 bits per heavy atom. The van der Waals surface area contributed by atoms with Gasteiger partial charge in [-0.2, -0.15) is 0 Å². The quantitative estimate of drug-likeness (QED) is 0.715. The van der Waals surface area contributed by atoms with Gasteiger partial charge in [-0.15, -0.1) is 0 Å². The zero-order valence-electron chi connectivity index (χ0n) is 15.6. The molecule has 0 spiro atoms. The molecule has 1 atom stereocenters. The van der Waals surface area contributed by atoms with Gasteiger partial charge in [0.2, 0.25) is 0 Å². The first-order chi connectivity index (χ1) is 12.5. The molecule has 1 amide bonds. The van der Waals surface area contributed by atoms with Crippen LogP contribution in [0, 0.1) is 5.92 Å². The molecule has 2 aromatic rings. The van der Waals surface area contributed by atoms with E-state index in [0.29, 0.717) is 30.3 Å². The number of rotatable bonds is 8. The number of esters is 1. The smallest absolute Gasteiger partial charge is 0.338 e. The number of anilines is 1. The number of benzene rings is 2. The van der Waals surface area contributed by atoms with Crippen molar-refractivity contribution in [1.82, 2.24) is 0 Å². The van der Waals surface area contributed by atoms with Crippen LogP contribution in [0.25, 0.3) is 0 Å². The molecule has 138 valence electrons. The maximum atomic E-state index is 12.3. The highest BCUT2D eigenvalue weighted by Crippen LogP contribution is 2.16. The standard InChI is InChI=1S/C21H26N2O3/c1-4-26-21(25)17-10-12-18(13-11-17)23-19(24)14-22-20(15(2)3)16-8-6-5-7-9-16/h5-13,15,20,22H,4,14H2,1-3H3,(H,23,24)/p+1/t20-/m0/s1. The molecule has 0 unspecified atom stereocenters. The summed E-state index contributed by atoms with van der Waals surface area (Å²) in [4.78, 5) is 23.9. The fourth-order valence-electron chi connectivity index (χ4n) is 2.82. The Morgan fingerprint density at radius 3 is 2.27 bits per heavy atom. The number of hydrogen-bond donors (Lipinski definition) is 2. The van der Waals surface area contributed by atoms with Gasteiger partial charge in [0, 0.05) is 17.2 Å². The van der Waals surface area contributed by atoms with E-state index in [1.54, 1.807) is 31.2 Å². The summed E-state index contributed by atoms with van der Waals surface area (Å²) in [6.07, 6.45) is 0. The van der Waals surface area contributed by atoms with Crippen molar-refractivity contribution in [1.29, 1.82) is 0 Å². The van der Waals surface area contributed by atoms with Crippen LogP contribution in [0.2, 0.25) is 0 Å². The highest BCUT2D eigenvalue weighted by Gasteiger charge is 2.20. The Morgan fingerprint density at radius 1 is 1.04 bits per heavy atom. The molecule has 0 aliphatic rings. The molecule has 26 heavy (non-hydrogen) atoms. The summed E-state index contributed by atoms with van der Waals surface area (Å²) >= 11 is 0. The summed E-state index contributed by atoms with van der Waals surface area (Å²) in [5.74, 6) is -0.0223. The van der Waals surface area contributed by atoms with Gasteiger partial charge in [-0.3, -0.25) is 4.79 Å². The van der Waals surface area contributed by atoms with Crippen LogP contribution < -0.4 is 10.6 Å². The molecule has 0 aliphatic heterocycles. The maximum absolute atomic E-state index is 12.3. The summed E-state index contributed by atoms with van der Waals surface area (Å²) in [6, 6.07) is 17.2. The third-order valence-electron chi connectivity index (χ3n) is 4.14. The molecule has 0 bridgehead atoms. The zero-order valence-corrected chi connectivity index (χ0v) is 15.6. The third-order valence-corrected chi connectivity index (χ3v) is 4.14. The lowest BCUT2D eigenvalue weighted by atomic mass is 9.96. The third kappa shape index (κ3) is 5.70. The molecule has 2 rings (SSSR count). The van der Waals surface area contributed by atoms with E-state index in [4.69, 9.17) is 4.74 Å². The predicted molar refractivity (Wildman–Crippen MR) is 102 cm³/mol. The molecule has 0 saturated carbocycles. The first-order valence-corrected chi connectivity index (χ1v) is 8.96. The Bertz CT molecular complexity index is 712. The molecule has 0 aliphatic carbocycles. The fourth-order valence-corrected chi connectivity index (χ4v) is 2.82. The number of nitrogens with one attached hydrogen (secondary N) is 1. The van der Waals surface area contributed by atoms with E-state index in [2.05, 4.69) is 36.6 Å². The first-order valence-electron chi connectivity index (χ1n) is 8.96. The van der Waals surface area contributed by atoms with Crippen LogP contribution in [0.1, 0.15) is 42.7 Å². The van der Waals surface area contributed by atoms with Crippen LogP contribution in [-0.2, 0) is 9.53 Å². The van der Waals surface area contributed by atoms with Crippen LogP contribution >= 0.6 is 0 Å². The molecular formula is C21H27N2O3+. The number of amides is 1. The molecule has 3 N–H and O–H groups in total. The number of carbonyl (C=O) groups excluding carboxylic acids is 2. The normalized spacial score (nSPS) is 11.8. The second-order valence-corrected chi connectivity index (χ2v) is 6.47. The van der Waals surface area contributed by atoms with Crippen molar-refractivity contribution in [3.8, 4) is 0 Å². The molecule has 5 nitrogen and oxygen atoms in total. The molecular weight excluding hydrogens is 328 g/mol. The molecule has 0 radical (unpaired) electrons. The van der Waals surface area contributed by atoms with Crippen molar-refractivity contribution in [2.75, 3.05) is 18.5 Å². The van der Waals surface area contributed by atoms with Gasteiger partial charge in [0.1, 0.15) is 6.04 Å². The van der Waals surface area contributed by atoms with Gasteiger partial charge >= 0.3 is 5.97 Å². The lowest BCUT2D eigenvalue weighted by Crippen LogP contribution is -2.88. The molecule has 0 fully saturated rings. The topological polar surface area (TPSA) is 72.0 Å². The summed E-state index contributed by atoms with van der Waals surface area (Å²) < 4.78 is 4.95. The van der Waals surface area contributed by atoms with E-state index in [1.165, 1.54) is 5.56 Å². The van der Waals surface area contributed by atoms with Crippen molar-refractivity contribution >= 4 is 17.6 Å². The fraction of sp³-hybridized carbons (Fsp3) is 0.333. The average Bonchev–Trinajstić information content (AvgIpc) is 2.63. The maximum Gasteiger partial charge on any atom is 0.338 e. The van der Waals surface area contributed by atoms with E-state index in [9.17, 15) is 9.59 Å². The molecule has 0 saturated heterocycles. The van der Waals surface area contributed by atoms with Gasteiger partial charge in [0.05, 0.1) is 12.2 Å². The van der Waals surface area contributed by atoms with Crippen molar-refractivity contribution in [3.63, 3.8) is 0 Å². The second kappa shape index (κ2) is 9.73. The van der Waals surface area contributed by atoms with Crippen molar-refractivity contribution < 1.29 is 19.6 Å². The van der Waals surface area contributed by atoms with Gasteiger partial charge in [-0.05, 0) is 31.2 Å². The van der Waals surface area contributed by atoms with Crippen molar-refractivity contribution in [2.24, 2.45) is 5.92 Å². The van der Waals surface area contributed by atoms with Crippen LogP contribution in [-0.4, -0.2) is 25.0 Å². The summed E-state index contributed by atoms with van der Waals surface area (Å²) in [5.41, 5.74) is 2.35. The highest BCUT2D eigenvalue weighted by molar-refractivity contribution is 5.93. The monoisotopic (exact) mass is 355 g/mol. The predicted octanol–water partition coefficient (Wildman–Crippen LogP) is 2.76.